The molecule has 1 saturated carbocycles. The molecule has 1 saturated heterocycles. The minimum atomic E-state index is -1.12. The quantitative estimate of drug-likeness (QED) is 0.174. The molecule has 1 aliphatic carbocycles. The van der Waals surface area contributed by atoms with Gasteiger partial charge in [-0.3, -0.25) is 24.1 Å². The van der Waals surface area contributed by atoms with Crippen LogP contribution in [0.1, 0.15) is 90.5 Å². The zero-order valence-electron chi connectivity index (χ0n) is 29.6. The van der Waals surface area contributed by atoms with Crippen molar-refractivity contribution in [1.29, 1.82) is 0 Å². The van der Waals surface area contributed by atoms with E-state index in [2.05, 4.69) is 10.6 Å². The van der Waals surface area contributed by atoms with Gasteiger partial charge in [-0.25, -0.2) is 0 Å². The van der Waals surface area contributed by atoms with Crippen molar-refractivity contribution < 1.29 is 34.1 Å². The van der Waals surface area contributed by atoms with Crippen LogP contribution in [0, 0.1) is 17.8 Å². The first kappa shape index (κ1) is 39.4. The lowest BCUT2D eigenvalue weighted by molar-refractivity contribution is -0.143. The van der Waals surface area contributed by atoms with Crippen LogP contribution in [0.2, 0.25) is 0 Å². The van der Waals surface area contributed by atoms with E-state index < -0.39 is 36.1 Å². The lowest BCUT2D eigenvalue weighted by Gasteiger charge is -2.33. The van der Waals surface area contributed by atoms with Gasteiger partial charge in [-0.05, 0) is 49.5 Å². The predicted octanol–water partition coefficient (Wildman–Crippen LogP) is 3.06. The molecule has 4 N–H and O–H groups in total. The van der Waals surface area contributed by atoms with Gasteiger partial charge in [0.2, 0.25) is 17.7 Å². The monoisotopic (exact) mass is 672 g/mol. The minimum absolute atomic E-state index is 0.0399. The number of rotatable bonds is 18. The maximum Gasteiger partial charge on any atom is 0.320 e. The summed E-state index contributed by atoms with van der Waals surface area (Å²) in [6.45, 7) is 8.00. The lowest BCUT2D eigenvalue weighted by Crippen LogP contribution is -2.56. The Kier molecular flexibility index (Phi) is 16.8. The van der Waals surface area contributed by atoms with Crippen molar-refractivity contribution in [3.8, 4) is 0 Å². The van der Waals surface area contributed by atoms with Gasteiger partial charge in [-0.1, -0.05) is 83.2 Å². The van der Waals surface area contributed by atoms with E-state index in [1.807, 2.05) is 56.0 Å². The van der Waals surface area contributed by atoms with Gasteiger partial charge in [0.25, 0.3) is 0 Å². The summed E-state index contributed by atoms with van der Waals surface area (Å²) in [5.41, 5.74) is 0.906. The molecule has 0 aromatic heterocycles. The molecule has 0 spiro atoms. The second-order valence-electron chi connectivity index (χ2n) is 14.3. The van der Waals surface area contributed by atoms with Gasteiger partial charge in [0, 0.05) is 33.1 Å². The van der Waals surface area contributed by atoms with Crippen molar-refractivity contribution in [2.75, 3.05) is 39.8 Å². The van der Waals surface area contributed by atoms with Gasteiger partial charge < -0.3 is 30.5 Å². The zero-order chi connectivity index (χ0) is 35.1. The van der Waals surface area contributed by atoms with Crippen LogP contribution in [0.3, 0.4) is 0 Å². The SMILES string of the molecule is CC[C@H](NC(=O)C(CC(=O)N(C)CCN1CCCOC(=O)C1)Cc1ccccc1)C(=O)NC(CC1CCCCC1)C(O)[C@@H](O)CC(C)C. The summed E-state index contributed by atoms with van der Waals surface area (Å²) in [5, 5.41) is 27.9. The predicted molar refractivity (Wildman–Crippen MR) is 185 cm³/mol. The molecule has 2 fully saturated rings. The van der Waals surface area contributed by atoms with E-state index in [9.17, 15) is 29.4 Å². The molecule has 48 heavy (non-hydrogen) atoms. The fourth-order valence-electron chi connectivity index (χ4n) is 6.79. The Morgan fingerprint density at radius 2 is 1.73 bits per heavy atom. The smallest absolute Gasteiger partial charge is 0.320 e. The minimum Gasteiger partial charge on any atom is -0.465 e. The van der Waals surface area contributed by atoms with Crippen molar-refractivity contribution in [3.05, 3.63) is 35.9 Å². The Balaban J connectivity index is 1.68. The molecular formula is C37H60N4O7. The van der Waals surface area contributed by atoms with Crippen LogP contribution < -0.4 is 10.6 Å². The fourth-order valence-corrected chi connectivity index (χ4v) is 6.79. The van der Waals surface area contributed by atoms with E-state index >= 15 is 0 Å². The third-order valence-corrected chi connectivity index (χ3v) is 9.73. The molecule has 0 bridgehead atoms. The molecule has 1 heterocycles. The standard InChI is InChI=1S/C37H60N4O7/c1-5-30(37(47)39-31(23-28-15-10-7-11-16-28)35(45)32(42)21-26(2)3)38-36(46)29(22-27-13-8-6-9-14-27)24-33(43)40(4)18-19-41-17-12-20-48-34(44)25-41/h6,8-9,13-14,26,28-32,35,42,45H,5,7,10-12,15-25H2,1-4H3,(H,38,46)(H,39,47)/t29?,30-,31?,32-,35?/m0/s1. The number of esters is 1. The van der Waals surface area contributed by atoms with E-state index in [-0.39, 0.29) is 36.7 Å². The first-order valence-corrected chi connectivity index (χ1v) is 18.1. The second kappa shape index (κ2) is 20.5. The summed E-state index contributed by atoms with van der Waals surface area (Å²) in [7, 11) is 1.70. The summed E-state index contributed by atoms with van der Waals surface area (Å²) in [6.07, 6.45) is 5.73. The first-order valence-electron chi connectivity index (χ1n) is 18.1. The molecule has 3 amide bonds. The molecule has 1 aromatic rings. The number of carbonyl (C=O) groups excluding carboxylic acids is 4. The number of amides is 3. The van der Waals surface area contributed by atoms with Crippen molar-refractivity contribution in [2.24, 2.45) is 17.8 Å². The molecule has 3 rings (SSSR count). The zero-order valence-corrected chi connectivity index (χ0v) is 29.6. The molecule has 1 aromatic carbocycles. The number of hydrogen-bond acceptors (Lipinski definition) is 8. The third-order valence-electron chi connectivity index (χ3n) is 9.73. The van der Waals surface area contributed by atoms with Gasteiger partial charge in [-0.2, -0.15) is 0 Å². The molecular weight excluding hydrogens is 612 g/mol. The lowest BCUT2D eigenvalue weighted by atomic mass is 9.82. The molecule has 2 aliphatic rings. The molecule has 3 unspecified atom stereocenters. The van der Waals surface area contributed by atoms with Crippen molar-refractivity contribution in [2.45, 2.75) is 116 Å². The normalized spacial score (nSPS) is 19.4. The van der Waals surface area contributed by atoms with Crippen molar-refractivity contribution in [1.82, 2.24) is 20.4 Å². The van der Waals surface area contributed by atoms with Crippen LogP contribution in [0.25, 0.3) is 0 Å². The average Bonchev–Trinajstić information content (AvgIpc) is 3.28. The molecule has 0 radical (unpaired) electrons. The number of nitrogens with one attached hydrogen (secondary N) is 2. The maximum atomic E-state index is 13.8. The highest BCUT2D eigenvalue weighted by molar-refractivity contribution is 5.91. The number of carbonyl (C=O) groups is 4. The van der Waals surface area contributed by atoms with Crippen molar-refractivity contribution in [3.63, 3.8) is 0 Å². The van der Waals surface area contributed by atoms with E-state index in [0.717, 1.165) is 37.7 Å². The Hall–Kier alpha value is -3.02. The van der Waals surface area contributed by atoms with Crippen molar-refractivity contribution >= 4 is 23.7 Å². The highest BCUT2D eigenvalue weighted by atomic mass is 16.5. The largest absolute Gasteiger partial charge is 0.465 e. The van der Waals surface area contributed by atoms with E-state index in [1.54, 1.807) is 11.9 Å². The number of aliphatic hydroxyl groups excluding tert-OH is 2. The first-order chi connectivity index (χ1) is 23.0. The molecule has 270 valence electrons. The Morgan fingerprint density at radius 1 is 1.02 bits per heavy atom. The van der Waals surface area contributed by atoms with E-state index in [0.29, 0.717) is 57.8 Å². The maximum absolute atomic E-state index is 13.8. The summed E-state index contributed by atoms with van der Waals surface area (Å²) < 4.78 is 5.11. The third kappa shape index (κ3) is 13.5. The average molecular weight is 673 g/mol. The van der Waals surface area contributed by atoms with Gasteiger partial charge in [-0.15, -0.1) is 0 Å². The molecule has 5 atom stereocenters. The number of aliphatic hydroxyl groups is 2. The second-order valence-corrected chi connectivity index (χ2v) is 14.3. The Bertz CT molecular complexity index is 1140. The van der Waals surface area contributed by atoms with Gasteiger partial charge in [0.1, 0.15) is 12.1 Å². The number of likely N-dealkylation sites (N-methyl/N-ethyl adjacent to an activating group) is 1. The Labute approximate surface area is 287 Å². The van der Waals surface area contributed by atoms with Crippen LogP contribution in [-0.2, 0) is 30.3 Å². The number of benzene rings is 1. The topological polar surface area (TPSA) is 149 Å². The van der Waals surface area contributed by atoms with Gasteiger partial charge in [0.15, 0.2) is 0 Å². The van der Waals surface area contributed by atoms with Crippen LogP contribution in [0.15, 0.2) is 30.3 Å². The van der Waals surface area contributed by atoms with E-state index in [1.165, 1.54) is 6.42 Å². The van der Waals surface area contributed by atoms with E-state index in [4.69, 9.17) is 4.74 Å². The number of hydrogen-bond donors (Lipinski definition) is 4. The van der Waals surface area contributed by atoms with Crippen LogP contribution in [-0.4, -0.2) is 108 Å². The van der Waals surface area contributed by atoms with Gasteiger partial charge in [0.05, 0.1) is 31.2 Å². The summed E-state index contributed by atoms with van der Waals surface area (Å²) in [6, 6.07) is 7.99. The molecule has 11 nitrogen and oxygen atoms in total. The summed E-state index contributed by atoms with van der Waals surface area (Å²) in [4.78, 5) is 56.3. The number of ether oxygens (including phenoxy) is 1. The van der Waals surface area contributed by atoms with Crippen LogP contribution in [0.5, 0.6) is 0 Å². The summed E-state index contributed by atoms with van der Waals surface area (Å²) in [5.74, 6) is -1.44. The van der Waals surface area contributed by atoms with Crippen LogP contribution >= 0.6 is 0 Å². The molecule has 11 heteroatoms. The molecule has 1 aliphatic heterocycles. The van der Waals surface area contributed by atoms with Crippen LogP contribution in [0.4, 0.5) is 0 Å². The number of cyclic esters (lactones) is 1. The number of nitrogens with zero attached hydrogens (tertiary/aromatic N) is 2. The highest BCUT2D eigenvalue weighted by Gasteiger charge is 2.34. The Morgan fingerprint density at radius 3 is 2.40 bits per heavy atom. The highest BCUT2D eigenvalue weighted by Crippen LogP contribution is 2.29. The fraction of sp³-hybridized carbons (Fsp3) is 0.730. The summed E-state index contributed by atoms with van der Waals surface area (Å²) >= 11 is 0. The van der Waals surface area contributed by atoms with Gasteiger partial charge >= 0.3 is 5.97 Å².